The lowest BCUT2D eigenvalue weighted by Gasteiger charge is -2.51. The van der Waals surface area contributed by atoms with Gasteiger partial charge in [0, 0.05) is 57.0 Å². The minimum Gasteiger partial charge on any atom is -0.481 e. The molecule has 2 amide bonds. The van der Waals surface area contributed by atoms with Gasteiger partial charge in [-0.1, -0.05) is 50.1 Å². The summed E-state index contributed by atoms with van der Waals surface area (Å²) in [5.74, 6) is -5.69. The number of alkyl halides is 5. The number of carbonyl (C=O) groups excluding carboxylic acids is 2. The summed E-state index contributed by atoms with van der Waals surface area (Å²) < 4.78 is 77.0. The molecule has 2 fully saturated rings. The number of aromatic nitrogens is 1. The number of nitrogens with zero attached hydrogens (tertiary/aromatic N) is 3. The number of halogens is 5. The summed E-state index contributed by atoms with van der Waals surface area (Å²) in [7, 11) is 0. The van der Waals surface area contributed by atoms with Gasteiger partial charge in [0.15, 0.2) is 0 Å². The van der Waals surface area contributed by atoms with Crippen molar-refractivity contribution in [3.8, 4) is 5.75 Å². The molecule has 0 bridgehead atoms. The fraction of sp³-hybridized carbons (Fsp3) is 0.526. The number of unbranched alkanes of at least 4 members (excludes halogenated alkanes) is 1. The Morgan fingerprint density at radius 1 is 1.00 bits per heavy atom. The van der Waals surface area contributed by atoms with E-state index in [-0.39, 0.29) is 56.5 Å². The maximum absolute atomic E-state index is 15.0. The molecule has 1 aromatic carbocycles. The van der Waals surface area contributed by atoms with Gasteiger partial charge in [0.25, 0.3) is 17.7 Å². The quantitative estimate of drug-likeness (QED) is 0.139. The van der Waals surface area contributed by atoms with Crippen LogP contribution in [0.25, 0.3) is 0 Å². The molecule has 8 nitrogen and oxygen atoms in total. The van der Waals surface area contributed by atoms with E-state index >= 15 is 4.79 Å². The predicted octanol–water partition coefficient (Wildman–Crippen LogP) is 8.70. The Morgan fingerprint density at radius 2 is 1.71 bits per heavy atom. The van der Waals surface area contributed by atoms with Crippen molar-refractivity contribution in [3.05, 3.63) is 81.8 Å². The van der Waals surface area contributed by atoms with Crippen molar-refractivity contribution < 1.29 is 46.2 Å². The van der Waals surface area contributed by atoms with Crippen LogP contribution in [0.4, 0.5) is 22.0 Å². The highest BCUT2D eigenvalue weighted by Crippen LogP contribution is 2.45. The third-order valence-corrected chi connectivity index (χ3v) is 11.3. The first-order valence-corrected chi connectivity index (χ1v) is 18.5. The van der Waals surface area contributed by atoms with Gasteiger partial charge in [-0.25, -0.2) is 8.78 Å². The van der Waals surface area contributed by atoms with Crippen LogP contribution in [-0.4, -0.2) is 69.0 Å². The van der Waals surface area contributed by atoms with Crippen molar-refractivity contribution in [2.24, 2.45) is 0 Å². The van der Waals surface area contributed by atoms with E-state index in [1.54, 1.807) is 4.90 Å². The topological polar surface area (TPSA) is 100 Å². The molecule has 3 aromatic rings. The molecule has 1 N–H and O–H groups in total. The van der Waals surface area contributed by atoms with Gasteiger partial charge in [-0.3, -0.25) is 19.4 Å². The molecule has 2 aromatic heterocycles. The zero-order valence-corrected chi connectivity index (χ0v) is 30.1. The van der Waals surface area contributed by atoms with Crippen LogP contribution in [0.3, 0.4) is 0 Å². The average Bonchev–Trinajstić information content (AvgIpc) is 3.60. The Balaban J connectivity index is 1.51. The standard InChI is InChI=1S/C38H44F5N3O5S/c1-3-11-29-37(51-27-24-30(52-25-27)38(41,42)43,17-10-21-46(29)33(49)32-28(35(2,39)40)14-9-20-44-32)34(50)45-22-18-36(19-23-45,16-8-7-15-31(47)48)26-12-5-4-6-13-26/h4-6,9,12-14,20,24-25,29H,3,7-8,10-11,15-19,21-23H2,1-2H3,(H,47,48)/t29-,37+/m1/s1. The summed E-state index contributed by atoms with van der Waals surface area (Å²) in [6.45, 7) is 3.19. The number of ether oxygens (including phenoxy) is 1. The Kier molecular flexibility index (Phi) is 12.0. The highest BCUT2D eigenvalue weighted by Gasteiger charge is 2.56. The molecule has 0 aliphatic carbocycles. The summed E-state index contributed by atoms with van der Waals surface area (Å²) in [6, 6.07) is 12.1. The second kappa shape index (κ2) is 15.9. The predicted molar refractivity (Wildman–Crippen MR) is 185 cm³/mol. The van der Waals surface area contributed by atoms with Gasteiger partial charge in [0.2, 0.25) is 5.60 Å². The number of pyridine rings is 1. The van der Waals surface area contributed by atoms with E-state index in [4.69, 9.17) is 4.74 Å². The monoisotopic (exact) mass is 749 g/mol. The Hall–Kier alpha value is -4.07. The van der Waals surface area contributed by atoms with Crippen LogP contribution in [0.1, 0.15) is 105 Å². The van der Waals surface area contributed by atoms with Gasteiger partial charge < -0.3 is 19.6 Å². The molecule has 0 spiro atoms. The molecule has 282 valence electrons. The molecule has 0 saturated carbocycles. The molecule has 4 heterocycles. The highest BCUT2D eigenvalue weighted by atomic mass is 32.1. The lowest BCUT2D eigenvalue weighted by atomic mass is 9.69. The molecule has 52 heavy (non-hydrogen) atoms. The molecule has 2 aliphatic rings. The second-order valence-electron chi connectivity index (χ2n) is 13.9. The van der Waals surface area contributed by atoms with Crippen LogP contribution in [-0.2, 0) is 27.1 Å². The van der Waals surface area contributed by atoms with E-state index < -0.39 is 57.7 Å². The zero-order valence-electron chi connectivity index (χ0n) is 29.3. The summed E-state index contributed by atoms with van der Waals surface area (Å²) in [6.07, 6.45) is 0.624. The smallest absolute Gasteiger partial charge is 0.425 e. The van der Waals surface area contributed by atoms with Crippen molar-refractivity contribution in [3.63, 3.8) is 0 Å². The SMILES string of the molecule is CCC[C@H]1N(C(=O)c2ncccc2C(C)(F)F)CCC[C@@]1(Oc1csc(C(F)(F)F)c1)C(=O)N1CCC(CCCCC(=O)O)(c2ccccc2)CC1. The molecular weight excluding hydrogens is 705 g/mol. The maximum atomic E-state index is 15.0. The van der Waals surface area contributed by atoms with Crippen LogP contribution in [0.2, 0.25) is 0 Å². The molecule has 2 atom stereocenters. The van der Waals surface area contributed by atoms with E-state index in [1.807, 2.05) is 37.3 Å². The summed E-state index contributed by atoms with van der Waals surface area (Å²) >= 11 is 0.437. The maximum Gasteiger partial charge on any atom is 0.425 e. The Labute approximate surface area is 304 Å². The Bertz CT molecular complexity index is 1700. The fourth-order valence-corrected chi connectivity index (χ4v) is 8.50. The van der Waals surface area contributed by atoms with Gasteiger partial charge in [-0.15, -0.1) is 11.3 Å². The number of carboxylic acid groups (broad SMARTS) is 1. The zero-order chi connectivity index (χ0) is 37.7. The molecule has 2 saturated heterocycles. The van der Waals surface area contributed by atoms with Crippen molar-refractivity contribution in [1.29, 1.82) is 0 Å². The van der Waals surface area contributed by atoms with Crippen molar-refractivity contribution in [1.82, 2.24) is 14.8 Å². The number of likely N-dealkylation sites (tertiary alicyclic amines) is 2. The number of carboxylic acids is 1. The largest absolute Gasteiger partial charge is 0.481 e. The van der Waals surface area contributed by atoms with Gasteiger partial charge in [-0.2, -0.15) is 13.2 Å². The van der Waals surface area contributed by atoms with Crippen LogP contribution in [0.5, 0.6) is 5.75 Å². The molecule has 2 aliphatic heterocycles. The lowest BCUT2D eigenvalue weighted by molar-refractivity contribution is -0.161. The number of amides is 2. The first-order chi connectivity index (χ1) is 24.6. The average molecular weight is 750 g/mol. The van der Waals surface area contributed by atoms with Crippen molar-refractivity contribution in [2.45, 2.75) is 107 Å². The van der Waals surface area contributed by atoms with Crippen LogP contribution in [0.15, 0.2) is 60.1 Å². The van der Waals surface area contributed by atoms with Crippen LogP contribution in [0, 0.1) is 0 Å². The number of rotatable bonds is 13. The van der Waals surface area contributed by atoms with E-state index in [2.05, 4.69) is 4.98 Å². The van der Waals surface area contributed by atoms with Gasteiger partial charge in [-0.05, 0) is 61.6 Å². The molecule has 0 radical (unpaired) electrons. The molecular formula is C38H44F5N3O5S. The highest BCUT2D eigenvalue weighted by molar-refractivity contribution is 7.10. The van der Waals surface area contributed by atoms with E-state index in [9.17, 15) is 36.6 Å². The van der Waals surface area contributed by atoms with Crippen molar-refractivity contribution >= 4 is 29.1 Å². The summed E-state index contributed by atoms with van der Waals surface area (Å²) in [5.41, 5.74) is -2.09. The van der Waals surface area contributed by atoms with Crippen molar-refractivity contribution in [2.75, 3.05) is 19.6 Å². The molecule has 14 heteroatoms. The minimum absolute atomic E-state index is 0.0535. The first kappa shape index (κ1) is 39.1. The minimum atomic E-state index is -4.64. The molecule has 0 unspecified atom stereocenters. The van der Waals surface area contributed by atoms with Crippen LogP contribution < -0.4 is 4.74 Å². The summed E-state index contributed by atoms with van der Waals surface area (Å²) in [4.78, 5) is 46.5. The molecule has 5 rings (SSSR count). The second-order valence-corrected chi connectivity index (χ2v) is 14.8. The van der Waals surface area contributed by atoms with E-state index in [1.165, 1.54) is 22.5 Å². The number of piperidine rings is 2. The number of aliphatic carboxylic acids is 1. The number of carbonyl (C=O) groups is 3. The Morgan fingerprint density at radius 3 is 2.33 bits per heavy atom. The van der Waals surface area contributed by atoms with Gasteiger partial charge >= 0.3 is 12.1 Å². The van der Waals surface area contributed by atoms with Crippen LogP contribution >= 0.6 is 11.3 Å². The van der Waals surface area contributed by atoms with Gasteiger partial charge in [0.1, 0.15) is 16.3 Å². The lowest BCUT2D eigenvalue weighted by Crippen LogP contribution is -2.68. The van der Waals surface area contributed by atoms with E-state index in [0.29, 0.717) is 56.8 Å². The number of benzene rings is 1. The number of thiophene rings is 1. The first-order valence-electron chi connectivity index (χ1n) is 17.7. The third-order valence-electron chi connectivity index (χ3n) is 10.4. The van der Waals surface area contributed by atoms with E-state index in [0.717, 1.165) is 17.7 Å². The number of hydrogen-bond donors (Lipinski definition) is 1. The fourth-order valence-electron chi connectivity index (χ4n) is 7.82. The normalized spacial score (nSPS) is 20.8. The third kappa shape index (κ3) is 8.42. The summed E-state index contributed by atoms with van der Waals surface area (Å²) in [5, 5.41) is 10.4. The van der Waals surface area contributed by atoms with Gasteiger partial charge in [0.05, 0.1) is 11.6 Å². The number of hydrogen-bond acceptors (Lipinski definition) is 6.